The highest BCUT2D eigenvalue weighted by atomic mass is 16.5. The Bertz CT molecular complexity index is 1390. The monoisotopic (exact) mass is 436 g/mol. The van der Waals surface area contributed by atoms with Gasteiger partial charge in [0, 0.05) is 28.2 Å². The van der Waals surface area contributed by atoms with Crippen molar-refractivity contribution >= 4 is 28.5 Å². The Morgan fingerprint density at radius 3 is 2.55 bits per heavy atom. The fourth-order valence-corrected chi connectivity index (χ4v) is 6.03. The van der Waals surface area contributed by atoms with Gasteiger partial charge in [0.25, 0.3) is 0 Å². The zero-order chi connectivity index (χ0) is 22.6. The minimum Gasteiger partial charge on any atom is -0.465 e. The molecule has 0 bridgehead atoms. The highest BCUT2D eigenvalue weighted by molar-refractivity contribution is 6.12. The van der Waals surface area contributed by atoms with Gasteiger partial charge < -0.3 is 15.0 Å². The van der Waals surface area contributed by atoms with Crippen LogP contribution in [-0.4, -0.2) is 23.5 Å². The van der Waals surface area contributed by atoms with E-state index in [-0.39, 0.29) is 24.4 Å². The average molecular weight is 437 g/mol. The van der Waals surface area contributed by atoms with Crippen LogP contribution in [0.2, 0.25) is 0 Å². The molecule has 0 radical (unpaired) electrons. The summed E-state index contributed by atoms with van der Waals surface area (Å²) in [5.74, 6) is -1.52. The Labute approximate surface area is 191 Å². The summed E-state index contributed by atoms with van der Waals surface area (Å²) in [5.41, 5.74) is 4.38. The van der Waals surface area contributed by atoms with Gasteiger partial charge in [-0.3, -0.25) is 9.59 Å². The Morgan fingerprint density at radius 1 is 1.00 bits per heavy atom. The van der Waals surface area contributed by atoms with E-state index < -0.39 is 11.3 Å². The maximum atomic E-state index is 14.0. The molecular formula is C28H24N2O3. The summed E-state index contributed by atoms with van der Waals surface area (Å²) in [6.45, 7) is 2.06. The van der Waals surface area contributed by atoms with Crippen LogP contribution in [0, 0.1) is 0 Å². The maximum Gasteiger partial charge on any atom is 0.314 e. The summed E-state index contributed by atoms with van der Waals surface area (Å²) < 4.78 is 5.66. The highest BCUT2D eigenvalue weighted by Crippen LogP contribution is 2.60. The number of carbonyl (C=O) groups excluding carboxylic acids is 2. The van der Waals surface area contributed by atoms with E-state index in [9.17, 15) is 9.59 Å². The number of hydrogen-bond acceptors (Lipinski definition) is 3. The molecule has 1 spiro atoms. The number of aromatic nitrogens is 1. The first-order valence-electron chi connectivity index (χ1n) is 11.4. The van der Waals surface area contributed by atoms with Crippen molar-refractivity contribution in [2.45, 2.75) is 30.6 Å². The van der Waals surface area contributed by atoms with Crippen molar-refractivity contribution in [1.29, 1.82) is 0 Å². The first-order valence-corrected chi connectivity index (χ1v) is 11.4. The second-order valence-electron chi connectivity index (χ2n) is 8.78. The molecule has 164 valence electrons. The molecule has 1 amide bonds. The van der Waals surface area contributed by atoms with Crippen molar-refractivity contribution in [3.63, 3.8) is 0 Å². The van der Waals surface area contributed by atoms with E-state index in [1.807, 2.05) is 66.7 Å². The molecule has 1 aliphatic heterocycles. The third kappa shape index (κ3) is 2.65. The third-order valence-electron chi connectivity index (χ3n) is 7.25. The van der Waals surface area contributed by atoms with Crippen molar-refractivity contribution in [3.8, 4) is 0 Å². The number of ether oxygens (including phenoxy) is 1. The predicted molar refractivity (Wildman–Crippen MR) is 127 cm³/mol. The second-order valence-corrected chi connectivity index (χ2v) is 8.78. The predicted octanol–water partition coefficient (Wildman–Crippen LogP) is 5.04. The van der Waals surface area contributed by atoms with E-state index >= 15 is 0 Å². The number of nitrogens with one attached hydrogen (secondary N) is 2. The maximum absolute atomic E-state index is 14.0. The Hall–Kier alpha value is -3.86. The number of rotatable bonds is 3. The molecule has 1 aromatic heterocycles. The normalized spacial score (nSPS) is 23.2. The second kappa shape index (κ2) is 7.34. The van der Waals surface area contributed by atoms with Crippen molar-refractivity contribution in [2.75, 3.05) is 11.9 Å². The van der Waals surface area contributed by atoms with Gasteiger partial charge in [0.05, 0.1) is 6.61 Å². The van der Waals surface area contributed by atoms with E-state index in [2.05, 4.69) is 22.4 Å². The largest absolute Gasteiger partial charge is 0.465 e. The molecule has 2 heterocycles. The van der Waals surface area contributed by atoms with Crippen molar-refractivity contribution in [2.24, 2.45) is 0 Å². The fourth-order valence-electron chi connectivity index (χ4n) is 6.03. The van der Waals surface area contributed by atoms with Crippen molar-refractivity contribution < 1.29 is 14.3 Å². The summed E-state index contributed by atoms with van der Waals surface area (Å²) in [5, 5.41) is 4.07. The fraction of sp³-hybridized carbons (Fsp3) is 0.214. The minimum atomic E-state index is -1.11. The molecule has 33 heavy (non-hydrogen) atoms. The number of benzene rings is 3. The molecule has 6 rings (SSSR count). The smallest absolute Gasteiger partial charge is 0.314 e. The lowest BCUT2D eigenvalue weighted by molar-refractivity contribution is -0.150. The van der Waals surface area contributed by atoms with E-state index in [4.69, 9.17) is 4.74 Å². The van der Waals surface area contributed by atoms with Gasteiger partial charge in [-0.2, -0.15) is 0 Å². The lowest BCUT2D eigenvalue weighted by Crippen LogP contribution is -2.52. The highest BCUT2D eigenvalue weighted by Gasteiger charge is 2.63. The van der Waals surface area contributed by atoms with Crippen LogP contribution in [0.4, 0.5) is 5.69 Å². The summed E-state index contributed by atoms with van der Waals surface area (Å²) in [4.78, 5) is 31.4. The van der Waals surface area contributed by atoms with Crippen LogP contribution < -0.4 is 5.32 Å². The molecule has 0 fully saturated rings. The first kappa shape index (κ1) is 19.8. The number of carbonyl (C=O) groups is 2. The average Bonchev–Trinajstić information content (AvgIpc) is 3.35. The molecule has 0 saturated heterocycles. The number of anilines is 1. The molecule has 3 aromatic carbocycles. The lowest BCUT2D eigenvalue weighted by Gasteiger charge is -2.45. The lowest BCUT2D eigenvalue weighted by atomic mass is 9.55. The van der Waals surface area contributed by atoms with Gasteiger partial charge in [0.15, 0.2) is 0 Å². The number of para-hydroxylation sites is 2. The van der Waals surface area contributed by atoms with Gasteiger partial charge in [0.2, 0.25) is 5.91 Å². The minimum absolute atomic E-state index is 0.147. The number of esters is 1. The van der Waals surface area contributed by atoms with Gasteiger partial charge >= 0.3 is 5.97 Å². The zero-order valence-corrected chi connectivity index (χ0v) is 18.3. The van der Waals surface area contributed by atoms with Gasteiger partial charge in [-0.1, -0.05) is 66.7 Å². The van der Waals surface area contributed by atoms with E-state index in [1.165, 1.54) is 0 Å². The zero-order valence-electron chi connectivity index (χ0n) is 18.3. The summed E-state index contributed by atoms with van der Waals surface area (Å²) in [7, 11) is 0. The van der Waals surface area contributed by atoms with Crippen LogP contribution in [0.3, 0.4) is 0 Å². The van der Waals surface area contributed by atoms with Crippen LogP contribution in [-0.2, 0) is 26.2 Å². The molecule has 2 N–H and O–H groups in total. The number of amides is 1. The molecule has 3 atom stereocenters. The molecule has 4 aromatic rings. The summed E-state index contributed by atoms with van der Waals surface area (Å²) >= 11 is 0. The molecule has 1 unspecified atom stereocenters. The van der Waals surface area contributed by atoms with E-state index in [0.717, 1.165) is 39.0 Å². The van der Waals surface area contributed by atoms with Crippen LogP contribution in [0.5, 0.6) is 0 Å². The first-order chi connectivity index (χ1) is 16.2. The SMILES string of the molecule is CCOC(=O)[C@H]1c2c([nH]c3ccccc23)C[C@H](c2ccccc2)C12C(=O)Nc1ccccc12. The Kier molecular flexibility index (Phi) is 4.40. The van der Waals surface area contributed by atoms with Crippen molar-refractivity contribution in [3.05, 3.63) is 101 Å². The van der Waals surface area contributed by atoms with E-state index in [0.29, 0.717) is 6.42 Å². The molecule has 1 aliphatic carbocycles. The summed E-state index contributed by atoms with van der Waals surface area (Å²) in [6.07, 6.45) is 0.617. The van der Waals surface area contributed by atoms with Crippen LogP contribution >= 0.6 is 0 Å². The van der Waals surface area contributed by atoms with Crippen molar-refractivity contribution in [1.82, 2.24) is 4.98 Å². The van der Waals surface area contributed by atoms with Gasteiger partial charge in [-0.15, -0.1) is 0 Å². The molecule has 2 aliphatic rings. The number of aromatic amines is 1. The molecule has 0 saturated carbocycles. The standard InChI is InChI=1S/C28H24N2O3/c1-2-33-26(31)25-24-18-12-6-8-14-21(18)29-23(24)16-20(17-10-4-3-5-11-17)28(25)19-13-7-9-15-22(19)30-27(28)32/h3-15,20,25,29H,2,16H2,1H3,(H,30,32)/t20-,25-,28?/m1/s1. The van der Waals surface area contributed by atoms with Gasteiger partial charge in [0.1, 0.15) is 11.3 Å². The topological polar surface area (TPSA) is 71.2 Å². The van der Waals surface area contributed by atoms with E-state index in [1.54, 1.807) is 6.92 Å². The molecule has 5 nitrogen and oxygen atoms in total. The quantitative estimate of drug-likeness (QED) is 0.442. The van der Waals surface area contributed by atoms with Gasteiger partial charge in [-0.25, -0.2) is 0 Å². The Balaban J connectivity index is 1.73. The molecular weight excluding hydrogens is 412 g/mol. The molecule has 5 heteroatoms. The number of fused-ring (bicyclic) bond motifs is 5. The van der Waals surface area contributed by atoms with Crippen LogP contribution in [0.1, 0.15) is 41.1 Å². The number of hydrogen-bond donors (Lipinski definition) is 2. The number of H-pyrrole nitrogens is 1. The van der Waals surface area contributed by atoms with Crippen LogP contribution in [0.25, 0.3) is 10.9 Å². The summed E-state index contributed by atoms with van der Waals surface area (Å²) in [6, 6.07) is 25.8. The van der Waals surface area contributed by atoms with Gasteiger partial charge in [-0.05, 0) is 42.2 Å². The third-order valence-corrected chi connectivity index (χ3v) is 7.25. The Morgan fingerprint density at radius 2 is 1.73 bits per heavy atom. The van der Waals surface area contributed by atoms with Crippen LogP contribution in [0.15, 0.2) is 78.9 Å².